The topological polar surface area (TPSA) is 26.3 Å². The molecule has 2 nitrogen and oxygen atoms in total. The summed E-state index contributed by atoms with van der Waals surface area (Å²) < 4.78 is 4.72. The zero-order valence-corrected chi connectivity index (χ0v) is 15.0. The molecular weight excluding hydrogens is 296 g/mol. The lowest BCUT2D eigenvalue weighted by Gasteiger charge is -1.99. The number of carbonyl (C=O) groups is 1. The summed E-state index contributed by atoms with van der Waals surface area (Å²) in [6.07, 6.45) is 21.5. The van der Waals surface area contributed by atoms with E-state index in [1.54, 1.807) is 6.07 Å². The van der Waals surface area contributed by atoms with Crippen LogP contribution in [0.3, 0.4) is 0 Å². The summed E-state index contributed by atoms with van der Waals surface area (Å²) in [5.74, 6) is -0.307. The Bertz CT molecular complexity index is 553. The van der Waals surface area contributed by atoms with Gasteiger partial charge in [0.2, 0.25) is 0 Å². The number of carbonyl (C=O) groups excluding carboxylic acids is 1. The number of rotatable bonds is 11. The van der Waals surface area contributed by atoms with Crippen molar-refractivity contribution >= 4 is 12.0 Å². The van der Waals surface area contributed by atoms with Crippen molar-refractivity contribution in [3.63, 3.8) is 0 Å². The van der Waals surface area contributed by atoms with E-state index in [4.69, 9.17) is 4.74 Å². The molecule has 130 valence electrons. The molecule has 0 aromatic heterocycles. The molecule has 0 saturated heterocycles. The molecule has 0 aliphatic carbocycles. The molecule has 0 spiro atoms. The lowest BCUT2D eigenvalue weighted by atomic mass is 10.1. The summed E-state index contributed by atoms with van der Waals surface area (Å²) in [5.41, 5.74) is 1.56. The fourth-order valence-electron chi connectivity index (χ4n) is 2.40. The number of unbranched alkanes of at least 4 members (excludes halogenated alkanes) is 6. The number of esters is 1. The Balaban J connectivity index is 2.25. The van der Waals surface area contributed by atoms with Crippen LogP contribution in [0.25, 0.3) is 6.08 Å². The van der Waals surface area contributed by atoms with Gasteiger partial charge in [-0.15, -0.1) is 0 Å². The molecule has 0 aliphatic heterocycles. The van der Waals surface area contributed by atoms with Crippen LogP contribution in [-0.2, 0) is 4.74 Å². The zero-order valence-electron chi connectivity index (χ0n) is 15.0. The molecule has 1 aromatic rings. The maximum atomic E-state index is 11.5. The SMILES string of the molecule is CCCCCCCC\C=C/C=C/C=C/c1cccc(C(=O)OC)c1. The Morgan fingerprint density at radius 3 is 2.54 bits per heavy atom. The molecule has 1 rings (SSSR count). The fourth-order valence-corrected chi connectivity index (χ4v) is 2.40. The molecule has 0 unspecified atom stereocenters. The third kappa shape index (κ3) is 9.14. The number of hydrogen-bond donors (Lipinski definition) is 0. The van der Waals surface area contributed by atoms with Crippen LogP contribution >= 0.6 is 0 Å². The highest BCUT2D eigenvalue weighted by Crippen LogP contribution is 2.09. The van der Waals surface area contributed by atoms with Crippen LogP contribution in [0.5, 0.6) is 0 Å². The number of allylic oxidation sites excluding steroid dienone is 5. The molecule has 0 heterocycles. The Kier molecular flexibility index (Phi) is 11.1. The Morgan fingerprint density at radius 1 is 1.00 bits per heavy atom. The first-order valence-electron chi connectivity index (χ1n) is 8.96. The van der Waals surface area contributed by atoms with Gasteiger partial charge in [0.05, 0.1) is 12.7 Å². The molecule has 0 amide bonds. The predicted octanol–water partition coefficient (Wildman–Crippen LogP) is 6.35. The van der Waals surface area contributed by atoms with E-state index in [9.17, 15) is 4.79 Å². The summed E-state index contributed by atoms with van der Waals surface area (Å²) in [5, 5.41) is 0. The molecule has 0 atom stereocenters. The van der Waals surface area contributed by atoms with Gasteiger partial charge in [-0.2, -0.15) is 0 Å². The summed E-state index contributed by atoms with van der Waals surface area (Å²) in [4.78, 5) is 11.5. The molecule has 0 saturated carbocycles. The largest absolute Gasteiger partial charge is 0.465 e. The van der Waals surface area contributed by atoms with E-state index in [-0.39, 0.29) is 5.97 Å². The van der Waals surface area contributed by atoms with Crippen molar-refractivity contribution in [1.82, 2.24) is 0 Å². The number of benzene rings is 1. The van der Waals surface area contributed by atoms with Crippen molar-refractivity contribution in [1.29, 1.82) is 0 Å². The number of methoxy groups -OCH3 is 1. The van der Waals surface area contributed by atoms with Crippen molar-refractivity contribution in [3.05, 3.63) is 65.8 Å². The second-order valence-electron chi connectivity index (χ2n) is 5.85. The molecule has 0 radical (unpaired) electrons. The number of ether oxygens (including phenoxy) is 1. The molecule has 24 heavy (non-hydrogen) atoms. The maximum absolute atomic E-state index is 11.5. The fraction of sp³-hybridized carbons (Fsp3) is 0.409. The van der Waals surface area contributed by atoms with Crippen molar-refractivity contribution < 1.29 is 9.53 Å². The van der Waals surface area contributed by atoms with Crippen molar-refractivity contribution in [2.24, 2.45) is 0 Å². The average Bonchev–Trinajstić information content (AvgIpc) is 2.62. The van der Waals surface area contributed by atoms with Gasteiger partial charge in [-0.05, 0) is 30.5 Å². The summed E-state index contributed by atoms with van der Waals surface area (Å²) in [6, 6.07) is 7.40. The van der Waals surface area contributed by atoms with E-state index in [2.05, 4.69) is 19.1 Å². The van der Waals surface area contributed by atoms with Gasteiger partial charge in [-0.1, -0.05) is 87.6 Å². The van der Waals surface area contributed by atoms with Crippen molar-refractivity contribution in [2.45, 2.75) is 51.9 Å². The van der Waals surface area contributed by atoms with Crippen LogP contribution in [0, 0.1) is 0 Å². The van der Waals surface area contributed by atoms with Gasteiger partial charge in [-0.3, -0.25) is 0 Å². The molecule has 0 bridgehead atoms. The highest BCUT2D eigenvalue weighted by atomic mass is 16.5. The first kappa shape index (κ1) is 20.0. The van der Waals surface area contributed by atoms with Gasteiger partial charge >= 0.3 is 5.97 Å². The quantitative estimate of drug-likeness (QED) is 0.269. The van der Waals surface area contributed by atoms with Crippen LogP contribution in [0.4, 0.5) is 0 Å². The zero-order chi connectivity index (χ0) is 17.5. The minimum Gasteiger partial charge on any atom is -0.465 e. The average molecular weight is 326 g/mol. The van der Waals surface area contributed by atoms with Crippen LogP contribution < -0.4 is 0 Å². The minimum absolute atomic E-state index is 0.307. The van der Waals surface area contributed by atoms with E-state index >= 15 is 0 Å². The van der Waals surface area contributed by atoms with Gasteiger partial charge in [0.25, 0.3) is 0 Å². The minimum atomic E-state index is -0.307. The lowest BCUT2D eigenvalue weighted by Crippen LogP contribution is -2.00. The predicted molar refractivity (Wildman–Crippen MR) is 103 cm³/mol. The van der Waals surface area contributed by atoms with E-state index in [1.165, 1.54) is 45.6 Å². The first-order valence-corrected chi connectivity index (χ1v) is 8.96. The molecule has 1 aromatic carbocycles. The van der Waals surface area contributed by atoms with Crippen LogP contribution in [-0.4, -0.2) is 13.1 Å². The smallest absolute Gasteiger partial charge is 0.337 e. The van der Waals surface area contributed by atoms with E-state index in [0.29, 0.717) is 5.56 Å². The van der Waals surface area contributed by atoms with Gasteiger partial charge in [0.15, 0.2) is 0 Å². The monoisotopic (exact) mass is 326 g/mol. The van der Waals surface area contributed by atoms with Gasteiger partial charge in [-0.25, -0.2) is 4.79 Å². The summed E-state index contributed by atoms with van der Waals surface area (Å²) in [7, 11) is 1.39. The molecular formula is C22H30O2. The Labute approximate surface area is 146 Å². The van der Waals surface area contributed by atoms with Crippen LogP contribution in [0.2, 0.25) is 0 Å². The van der Waals surface area contributed by atoms with Gasteiger partial charge in [0.1, 0.15) is 0 Å². The third-order valence-corrected chi connectivity index (χ3v) is 3.79. The standard InChI is InChI=1S/C22H30O2/c1-3-4-5-6-7-8-9-10-11-12-13-14-16-20-17-15-18-21(19-20)22(23)24-2/h10-19H,3-9H2,1-2H3/b11-10-,13-12+,16-14+. The van der Waals surface area contributed by atoms with Gasteiger partial charge < -0.3 is 4.74 Å². The summed E-state index contributed by atoms with van der Waals surface area (Å²) >= 11 is 0. The normalized spacial score (nSPS) is 11.8. The highest BCUT2D eigenvalue weighted by Gasteiger charge is 2.03. The molecule has 2 heteroatoms. The Hall–Kier alpha value is -2.09. The Morgan fingerprint density at radius 2 is 1.75 bits per heavy atom. The molecule has 0 N–H and O–H groups in total. The number of hydrogen-bond acceptors (Lipinski definition) is 2. The summed E-state index contributed by atoms with van der Waals surface area (Å²) in [6.45, 7) is 2.25. The van der Waals surface area contributed by atoms with Crippen LogP contribution in [0.15, 0.2) is 54.6 Å². The first-order chi connectivity index (χ1) is 11.8. The van der Waals surface area contributed by atoms with Crippen LogP contribution in [0.1, 0.15) is 67.8 Å². The van der Waals surface area contributed by atoms with E-state index < -0.39 is 0 Å². The maximum Gasteiger partial charge on any atom is 0.337 e. The van der Waals surface area contributed by atoms with E-state index in [1.807, 2.05) is 42.5 Å². The molecule has 0 aliphatic rings. The highest BCUT2D eigenvalue weighted by molar-refractivity contribution is 5.90. The third-order valence-electron chi connectivity index (χ3n) is 3.79. The van der Waals surface area contributed by atoms with Crippen molar-refractivity contribution in [3.8, 4) is 0 Å². The van der Waals surface area contributed by atoms with E-state index in [0.717, 1.165) is 12.0 Å². The lowest BCUT2D eigenvalue weighted by molar-refractivity contribution is 0.0600. The second kappa shape index (κ2) is 13.4. The molecule has 0 fully saturated rings. The van der Waals surface area contributed by atoms with Gasteiger partial charge in [0, 0.05) is 0 Å². The van der Waals surface area contributed by atoms with Crippen molar-refractivity contribution in [2.75, 3.05) is 7.11 Å². The second-order valence-corrected chi connectivity index (χ2v) is 5.85.